The van der Waals surface area contributed by atoms with Crippen molar-refractivity contribution >= 4 is 5.97 Å². The average molecular weight is 198 g/mol. The molecule has 0 unspecified atom stereocenters. The van der Waals surface area contributed by atoms with Gasteiger partial charge in [0.25, 0.3) is 5.82 Å². The molecule has 0 amide bonds. The third-order valence-electron chi connectivity index (χ3n) is 2.16. The molecular weight excluding hydrogens is 182 g/mol. The van der Waals surface area contributed by atoms with Crippen molar-refractivity contribution < 1.29 is 14.1 Å². The second-order valence-corrected chi connectivity index (χ2v) is 3.07. The number of carbonyl (C=O) groups excluding carboxylic acids is 1. The van der Waals surface area contributed by atoms with E-state index >= 15 is 0 Å². The van der Waals surface area contributed by atoms with Crippen LogP contribution in [0.15, 0.2) is 12.4 Å². The molecule has 2 N–H and O–H groups in total. The summed E-state index contributed by atoms with van der Waals surface area (Å²) in [6.45, 7) is 2.98. The normalized spacial score (nSPS) is 10.2. The molecule has 1 aromatic rings. The quantitative estimate of drug-likeness (QED) is 0.505. The lowest BCUT2D eigenvalue weighted by atomic mass is 10.6. The highest BCUT2D eigenvalue weighted by atomic mass is 16.5. The lowest BCUT2D eigenvalue weighted by molar-refractivity contribution is -0.677. The van der Waals surface area contributed by atoms with Crippen LogP contribution in [0, 0.1) is 6.92 Å². The van der Waals surface area contributed by atoms with Gasteiger partial charge in [0.15, 0.2) is 0 Å². The van der Waals surface area contributed by atoms with Crippen molar-refractivity contribution in [2.45, 2.75) is 13.5 Å². The van der Waals surface area contributed by atoms with Crippen LogP contribution in [-0.4, -0.2) is 23.7 Å². The number of aromatic nitrogens is 2. The smallest absolute Gasteiger partial charge is 0.319 e. The van der Waals surface area contributed by atoms with Gasteiger partial charge in [-0.15, -0.1) is 0 Å². The van der Waals surface area contributed by atoms with E-state index in [0.29, 0.717) is 13.2 Å². The van der Waals surface area contributed by atoms with E-state index in [-0.39, 0.29) is 12.5 Å². The van der Waals surface area contributed by atoms with Crippen LogP contribution in [0.1, 0.15) is 5.82 Å². The van der Waals surface area contributed by atoms with Crippen molar-refractivity contribution in [1.82, 2.24) is 4.57 Å². The second kappa shape index (κ2) is 4.76. The van der Waals surface area contributed by atoms with Crippen molar-refractivity contribution in [1.29, 1.82) is 0 Å². The summed E-state index contributed by atoms with van der Waals surface area (Å²) < 4.78 is 8.89. The molecule has 78 valence electrons. The molecule has 5 nitrogen and oxygen atoms in total. The van der Waals surface area contributed by atoms with Crippen molar-refractivity contribution in [3.63, 3.8) is 0 Å². The molecule has 0 radical (unpaired) electrons. The minimum Gasteiger partial charge on any atom is -0.461 e. The highest BCUT2D eigenvalue weighted by Crippen LogP contribution is 1.92. The summed E-state index contributed by atoms with van der Waals surface area (Å²) in [5.74, 6) is 0.757. The van der Waals surface area contributed by atoms with Gasteiger partial charge in [-0.1, -0.05) is 0 Å². The molecule has 0 fully saturated rings. The molecule has 0 spiro atoms. The number of nitrogens with zero attached hydrogens (tertiary/aromatic N) is 2. The first-order chi connectivity index (χ1) is 6.65. The molecule has 5 heteroatoms. The molecule has 1 rings (SSSR count). The highest BCUT2D eigenvalue weighted by molar-refractivity contribution is 5.71. The fourth-order valence-corrected chi connectivity index (χ4v) is 1.15. The molecule has 1 aromatic heterocycles. The van der Waals surface area contributed by atoms with Gasteiger partial charge in [-0.3, -0.25) is 4.79 Å². The second-order valence-electron chi connectivity index (χ2n) is 3.07. The molecule has 1 heterocycles. The van der Waals surface area contributed by atoms with E-state index in [1.54, 1.807) is 0 Å². The van der Waals surface area contributed by atoms with Crippen LogP contribution in [0.2, 0.25) is 0 Å². The van der Waals surface area contributed by atoms with Gasteiger partial charge in [0, 0.05) is 6.92 Å². The van der Waals surface area contributed by atoms with Crippen molar-refractivity contribution in [3.8, 4) is 0 Å². The van der Waals surface area contributed by atoms with Crippen LogP contribution in [0.5, 0.6) is 0 Å². The zero-order valence-electron chi connectivity index (χ0n) is 8.56. The lowest BCUT2D eigenvalue weighted by Crippen LogP contribution is -2.30. The van der Waals surface area contributed by atoms with E-state index in [1.165, 1.54) is 0 Å². The van der Waals surface area contributed by atoms with Gasteiger partial charge in [-0.2, -0.15) is 0 Å². The number of hydrogen-bond acceptors (Lipinski definition) is 3. The van der Waals surface area contributed by atoms with E-state index in [2.05, 4.69) is 0 Å². The summed E-state index contributed by atoms with van der Waals surface area (Å²) in [6, 6.07) is 0. The first kappa shape index (κ1) is 10.7. The molecule has 0 aliphatic heterocycles. The summed E-state index contributed by atoms with van der Waals surface area (Å²) in [7, 11) is 1.97. The zero-order chi connectivity index (χ0) is 10.6. The van der Waals surface area contributed by atoms with Crippen LogP contribution >= 0.6 is 0 Å². The van der Waals surface area contributed by atoms with Crippen LogP contribution in [0.3, 0.4) is 0 Å². The highest BCUT2D eigenvalue weighted by Gasteiger charge is 2.08. The number of carbonyl (C=O) groups is 1. The Labute approximate surface area is 83.1 Å². The van der Waals surface area contributed by atoms with Gasteiger partial charge in [0.1, 0.15) is 25.5 Å². The maximum atomic E-state index is 10.7. The van der Waals surface area contributed by atoms with Crippen LogP contribution in [0.4, 0.5) is 0 Å². The minimum atomic E-state index is -0.362. The minimum absolute atomic E-state index is 0.0571. The van der Waals surface area contributed by atoms with Crippen LogP contribution in [-0.2, 0) is 23.1 Å². The fraction of sp³-hybridized carbons (Fsp3) is 0.556. The van der Waals surface area contributed by atoms with E-state index in [0.717, 1.165) is 5.82 Å². The molecule has 0 atom stereocenters. The summed E-state index contributed by atoms with van der Waals surface area (Å²) in [5.41, 5.74) is 5.10. The number of hydrogen-bond donors (Lipinski definition) is 1. The third-order valence-corrected chi connectivity index (χ3v) is 2.16. The Bertz CT molecular complexity index is 320. The fourth-order valence-electron chi connectivity index (χ4n) is 1.15. The summed E-state index contributed by atoms with van der Waals surface area (Å²) in [6.07, 6.45) is 3.91. The van der Waals surface area contributed by atoms with Crippen LogP contribution < -0.4 is 10.3 Å². The number of ether oxygens (including phenoxy) is 1. The van der Waals surface area contributed by atoms with E-state index in [9.17, 15) is 4.79 Å². The van der Waals surface area contributed by atoms with Crippen molar-refractivity contribution in [2.75, 3.05) is 13.2 Å². The molecule has 0 saturated heterocycles. The Kier molecular flexibility index (Phi) is 3.64. The monoisotopic (exact) mass is 198 g/mol. The molecule has 0 aliphatic carbocycles. The molecule has 14 heavy (non-hydrogen) atoms. The van der Waals surface area contributed by atoms with E-state index in [1.807, 2.05) is 35.5 Å². The Morgan fingerprint density at radius 3 is 2.93 bits per heavy atom. The largest absolute Gasteiger partial charge is 0.461 e. The zero-order valence-corrected chi connectivity index (χ0v) is 8.56. The number of aryl methyl sites for hydroxylation is 1. The Morgan fingerprint density at radius 1 is 1.71 bits per heavy atom. The summed E-state index contributed by atoms with van der Waals surface area (Å²) in [5, 5.41) is 0. The molecule has 0 aliphatic rings. The number of nitrogens with two attached hydrogens (primary N) is 1. The number of imidazole rings is 1. The topological polar surface area (TPSA) is 61.1 Å². The summed E-state index contributed by atoms with van der Waals surface area (Å²) in [4.78, 5) is 10.7. The van der Waals surface area contributed by atoms with Gasteiger partial charge in [0.2, 0.25) is 0 Å². The van der Waals surface area contributed by atoms with Gasteiger partial charge in [0.05, 0.1) is 13.6 Å². The predicted octanol–water partition coefficient (Wildman–Crippen LogP) is -0.877. The van der Waals surface area contributed by atoms with E-state index < -0.39 is 0 Å². The predicted molar refractivity (Wildman–Crippen MR) is 50.4 cm³/mol. The molecule has 0 saturated carbocycles. The summed E-state index contributed by atoms with van der Waals surface area (Å²) >= 11 is 0. The molecule has 0 bridgehead atoms. The van der Waals surface area contributed by atoms with Crippen LogP contribution in [0.25, 0.3) is 0 Å². The number of esters is 1. The standard InChI is InChI=1S/C9H16N3O2/c1-8-11(2)3-4-12(8)5-6-14-9(13)7-10/h3-4H,5-7,10H2,1-2H3/q+1. The van der Waals surface area contributed by atoms with Crippen molar-refractivity contribution in [3.05, 3.63) is 18.2 Å². The maximum Gasteiger partial charge on any atom is 0.319 e. The number of rotatable bonds is 4. The maximum absolute atomic E-state index is 10.7. The SMILES string of the molecule is Cc1n(CCOC(=O)CN)cc[n+]1C. The van der Waals surface area contributed by atoms with Gasteiger partial charge in [-0.05, 0) is 0 Å². The average Bonchev–Trinajstić information content (AvgIpc) is 2.49. The van der Waals surface area contributed by atoms with Crippen molar-refractivity contribution in [2.24, 2.45) is 12.8 Å². The first-order valence-electron chi connectivity index (χ1n) is 4.52. The van der Waals surface area contributed by atoms with E-state index in [4.69, 9.17) is 10.5 Å². The lowest BCUT2D eigenvalue weighted by Gasteiger charge is -2.01. The van der Waals surface area contributed by atoms with Gasteiger partial charge >= 0.3 is 5.97 Å². The Morgan fingerprint density at radius 2 is 2.43 bits per heavy atom. The third kappa shape index (κ3) is 2.56. The Balaban J connectivity index is 2.39. The van der Waals surface area contributed by atoms with Gasteiger partial charge < -0.3 is 10.5 Å². The van der Waals surface area contributed by atoms with Gasteiger partial charge in [-0.25, -0.2) is 9.13 Å². The Hall–Kier alpha value is -1.36. The molecule has 0 aromatic carbocycles. The molecular formula is C9H16N3O2+. The first-order valence-corrected chi connectivity index (χ1v) is 4.52.